The number of hydrogen-bond donors (Lipinski definition) is 2. The van der Waals surface area contributed by atoms with Crippen LogP contribution >= 0.6 is 0 Å². The summed E-state index contributed by atoms with van der Waals surface area (Å²) < 4.78 is 10.6. The largest absolute Gasteiger partial charge is 0.504 e. The first kappa shape index (κ1) is 19.7. The molecule has 1 aromatic carbocycles. The van der Waals surface area contributed by atoms with Crippen LogP contribution in [0.3, 0.4) is 0 Å². The van der Waals surface area contributed by atoms with Crippen LogP contribution in [-0.2, 0) is 11.3 Å². The van der Waals surface area contributed by atoms with E-state index in [0.29, 0.717) is 24.9 Å². The van der Waals surface area contributed by atoms with E-state index in [-0.39, 0.29) is 17.2 Å². The second-order valence-electron chi connectivity index (χ2n) is 7.67. The number of H-pyrrole nitrogens is 1. The third-order valence-electron chi connectivity index (χ3n) is 5.63. The number of methoxy groups -OCH3 is 1. The SMILES string of the molecule is COc1cc(CN2CCC[C@H](c3cc(=O)[nH]c(N4CCOCC4)n3)C2)ccc1O. The number of benzene rings is 1. The zero-order valence-electron chi connectivity index (χ0n) is 16.8. The molecule has 0 unspecified atom stereocenters. The molecule has 1 atom stereocenters. The summed E-state index contributed by atoms with van der Waals surface area (Å²) in [7, 11) is 1.56. The number of nitrogens with zero attached hydrogens (tertiary/aromatic N) is 3. The molecule has 4 rings (SSSR count). The summed E-state index contributed by atoms with van der Waals surface area (Å²) in [6.45, 7) is 5.41. The van der Waals surface area contributed by atoms with E-state index in [1.807, 2.05) is 12.1 Å². The maximum atomic E-state index is 12.3. The molecule has 1 aromatic heterocycles. The number of piperidine rings is 1. The van der Waals surface area contributed by atoms with Crippen molar-refractivity contribution in [2.45, 2.75) is 25.3 Å². The minimum Gasteiger partial charge on any atom is -0.504 e. The van der Waals surface area contributed by atoms with Crippen LogP contribution in [0.2, 0.25) is 0 Å². The van der Waals surface area contributed by atoms with Gasteiger partial charge in [-0.2, -0.15) is 0 Å². The number of phenolic OH excluding ortho intramolecular Hbond substituents is 1. The van der Waals surface area contributed by atoms with Gasteiger partial charge >= 0.3 is 0 Å². The minimum absolute atomic E-state index is 0.100. The van der Waals surface area contributed by atoms with E-state index < -0.39 is 0 Å². The summed E-state index contributed by atoms with van der Waals surface area (Å²) in [5.41, 5.74) is 1.85. The molecule has 2 aliphatic heterocycles. The number of aromatic amines is 1. The molecular weight excluding hydrogens is 372 g/mol. The third-order valence-corrected chi connectivity index (χ3v) is 5.63. The number of aromatic hydroxyl groups is 1. The first-order valence-electron chi connectivity index (χ1n) is 10.1. The number of aromatic nitrogens is 2. The lowest BCUT2D eigenvalue weighted by molar-refractivity contribution is 0.122. The molecule has 0 bridgehead atoms. The van der Waals surface area contributed by atoms with E-state index in [1.54, 1.807) is 19.2 Å². The Balaban J connectivity index is 1.48. The summed E-state index contributed by atoms with van der Waals surface area (Å²) >= 11 is 0. The lowest BCUT2D eigenvalue weighted by Crippen LogP contribution is -2.39. The second kappa shape index (κ2) is 8.84. The van der Waals surface area contributed by atoms with Gasteiger partial charge in [0.05, 0.1) is 26.0 Å². The van der Waals surface area contributed by atoms with Crippen molar-refractivity contribution < 1.29 is 14.6 Å². The molecule has 0 amide bonds. The fourth-order valence-corrected chi connectivity index (χ4v) is 4.12. The molecule has 29 heavy (non-hydrogen) atoms. The van der Waals surface area contributed by atoms with E-state index in [1.165, 1.54) is 0 Å². The average molecular weight is 400 g/mol. The van der Waals surface area contributed by atoms with Gasteiger partial charge < -0.3 is 19.5 Å². The maximum absolute atomic E-state index is 12.3. The summed E-state index contributed by atoms with van der Waals surface area (Å²) in [6.07, 6.45) is 2.08. The van der Waals surface area contributed by atoms with Crippen molar-refractivity contribution in [1.29, 1.82) is 0 Å². The van der Waals surface area contributed by atoms with Gasteiger partial charge in [-0.05, 0) is 37.1 Å². The predicted octanol–water partition coefficient (Wildman–Crippen LogP) is 1.70. The molecule has 8 heteroatoms. The molecule has 2 fully saturated rings. The molecule has 3 heterocycles. The molecule has 0 spiro atoms. The van der Waals surface area contributed by atoms with Gasteiger partial charge in [0.2, 0.25) is 5.95 Å². The first-order valence-corrected chi connectivity index (χ1v) is 10.1. The molecule has 2 N–H and O–H groups in total. The Morgan fingerprint density at radius 2 is 2.10 bits per heavy atom. The number of rotatable bonds is 5. The lowest BCUT2D eigenvalue weighted by atomic mass is 9.94. The highest BCUT2D eigenvalue weighted by atomic mass is 16.5. The first-order chi connectivity index (χ1) is 14.1. The van der Waals surface area contributed by atoms with Crippen LogP contribution in [0.1, 0.15) is 30.0 Å². The van der Waals surface area contributed by atoms with E-state index in [4.69, 9.17) is 14.5 Å². The third kappa shape index (κ3) is 4.71. The fraction of sp³-hybridized carbons (Fsp3) is 0.524. The lowest BCUT2D eigenvalue weighted by Gasteiger charge is -2.33. The Bertz CT molecular complexity index is 894. The summed E-state index contributed by atoms with van der Waals surface area (Å²) in [5.74, 6) is 1.51. The maximum Gasteiger partial charge on any atom is 0.252 e. The topological polar surface area (TPSA) is 90.9 Å². The Morgan fingerprint density at radius 3 is 2.90 bits per heavy atom. The fourth-order valence-electron chi connectivity index (χ4n) is 4.12. The molecule has 2 saturated heterocycles. The van der Waals surface area contributed by atoms with E-state index in [0.717, 1.165) is 56.8 Å². The van der Waals surface area contributed by atoms with Crippen molar-refractivity contribution in [2.75, 3.05) is 51.4 Å². The quantitative estimate of drug-likeness (QED) is 0.789. The number of nitrogens with one attached hydrogen (secondary N) is 1. The summed E-state index contributed by atoms with van der Waals surface area (Å²) in [6, 6.07) is 7.11. The van der Waals surface area contributed by atoms with Crippen molar-refractivity contribution in [2.24, 2.45) is 0 Å². The molecule has 0 saturated carbocycles. The smallest absolute Gasteiger partial charge is 0.252 e. The molecule has 0 radical (unpaired) electrons. The highest BCUT2D eigenvalue weighted by Gasteiger charge is 2.24. The molecule has 2 aliphatic rings. The second-order valence-corrected chi connectivity index (χ2v) is 7.67. The van der Waals surface area contributed by atoms with Crippen LogP contribution in [-0.4, -0.2) is 66.5 Å². The van der Waals surface area contributed by atoms with Crippen LogP contribution in [0, 0.1) is 0 Å². The van der Waals surface area contributed by atoms with Gasteiger partial charge in [-0.3, -0.25) is 14.7 Å². The monoisotopic (exact) mass is 400 g/mol. The van der Waals surface area contributed by atoms with Crippen molar-refractivity contribution in [3.63, 3.8) is 0 Å². The van der Waals surface area contributed by atoms with Crippen LogP contribution in [0.15, 0.2) is 29.1 Å². The number of ether oxygens (including phenoxy) is 2. The Kier molecular flexibility index (Phi) is 6.01. The Morgan fingerprint density at radius 1 is 1.28 bits per heavy atom. The van der Waals surface area contributed by atoms with Gasteiger partial charge in [-0.1, -0.05) is 6.07 Å². The van der Waals surface area contributed by atoms with Crippen molar-refractivity contribution in [1.82, 2.24) is 14.9 Å². The standard InChI is InChI=1S/C21H28N4O4/c1-28-19-11-15(4-5-18(19)26)13-24-6-2-3-16(14-24)17-12-20(27)23-21(22-17)25-7-9-29-10-8-25/h4-5,11-12,16,26H,2-3,6-10,13-14H2,1H3,(H,22,23,27)/t16-/m0/s1. The molecule has 0 aliphatic carbocycles. The van der Waals surface area contributed by atoms with Gasteiger partial charge in [0.1, 0.15) is 0 Å². The number of likely N-dealkylation sites (tertiary alicyclic amines) is 1. The van der Waals surface area contributed by atoms with E-state index in [2.05, 4.69) is 14.8 Å². The van der Waals surface area contributed by atoms with Crippen LogP contribution in [0.4, 0.5) is 5.95 Å². The van der Waals surface area contributed by atoms with Crippen molar-refractivity contribution in [3.8, 4) is 11.5 Å². The molecule has 2 aromatic rings. The summed E-state index contributed by atoms with van der Waals surface area (Å²) in [4.78, 5) is 24.4. The van der Waals surface area contributed by atoms with Crippen LogP contribution in [0.5, 0.6) is 11.5 Å². The summed E-state index contributed by atoms with van der Waals surface area (Å²) in [5, 5.41) is 9.80. The number of anilines is 1. The zero-order chi connectivity index (χ0) is 20.2. The van der Waals surface area contributed by atoms with Crippen molar-refractivity contribution in [3.05, 3.63) is 45.9 Å². The minimum atomic E-state index is -0.100. The molecule has 156 valence electrons. The predicted molar refractivity (Wildman–Crippen MR) is 110 cm³/mol. The Hall–Kier alpha value is -2.58. The van der Waals surface area contributed by atoms with E-state index in [9.17, 15) is 9.90 Å². The number of hydrogen-bond acceptors (Lipinski definition) is 7. The van der Waals surface area contributed by atoms with E-state index >= 15 is 0 Å². The van der Waals surface area contributed by atoms with Crippen LogP contribution < -0.4 is 15.2 Å². The molecule has 8 nitrogen and oxygen atoms in total. The van der Waals surface area contributed by atoms with Gasteiger partial charge in [0.15, 0.2) is 11.5 Å². The highest BCUT2D eigenvalue weighted by molar-refractivity contribution is 5.41. The number of morpholine rings is 1. The average Bonchev–Trinajstić information content (AvgIpc) is 2.75. The number of phenols is 1. The highest BCUT2D eigenvalue weighted by Crippen LogP contribution is 2.30. The van der Waals surface area contributed by atoms with Crippen molar-refractivity contribution >= 4 is 5.95 Å². The van der Waals surface area contributed by atoms with Gasteiger partial charge in [-0.15, -0.1) is 0 Å². The van der Waals surface area contributed by atoms with Gasteiger partial charge in [0, 0.05) is 38.2 Å². The van der Waals surface area contributed by atoms with Crippen LogP contribution in [0.25, 0.3) is 0 Å². The molecular formula is C21H28N4O4. The Labute approximate surface area is 170 Å². The van der Waals surface area contributed by atoms with Gasteiger partial charge in [0.25, 0.3) is 5.56 Å². The normalized spacial score (nSPS) is 20.6. The zero-order valence-corrected chi connectivity index (χ0v) is 16.8. The van der Waals surface area contributed by atoms with Gasteiger partial charge in [-0.25, -0.2) is 4.98 Å².